The maximum Gasteiger partial charge on any atom is 0.328 e. The first-order valence-electron chi connectivity index (χ1n) is 5.44. The van der Waals surface area contributed by atoms with E-state index >= 15 is 0 Å². The summed E-state index contributed by atoms with van der Waals surface area (Å²) < 4.78 is 0.940. The zero-order chi connectivity index (χ0) is 13.4. The largest absolute Gasteiger partial charge is 0.396 e. The summed E-state index contributed by atoms with van der Waals surface area (Å²) in [5.74, 6) is -0.941. The first-order valence-corrected chi connectivity index (χ1v) is 5.44. The molecule has 0 saturated heterocycles. The monoisotopic (exact) mass is 258 g/mol. The highest BCUT2D eigenvalue weighted by atomic mass is 16.3. The Morgan fingerprint density at radius 1 is 1.17 bits per heavy atom. The molecule has 0 aromatic carbocycles. The quantitative estimate of drug-likeness (QED) is 0.378. The Kier molecular flexibility index (Phi) is 3.35. The molecule has 8 nitrogen and oxygen atoms in total. The van der Waals surface area contributed by atoms with Crippen LogP contribution in [0, 0.1) is 5.92 Å². The van der Waals surface area contributed by atoms with Gasteiger partial charge in [-0.3, -0.25) is 14.3 Å². The van der Waals surface area contributed by atoms with Crippen LogP contribution in [0.5, 0.6) is 0 Å². The van der Waals surface area contributed by atoms with E-state index in [1.807, 2.05) is 4.98 Å². The van der Waals surface area contributed by atoms with Gasteiger partial charge in [-0.2, -0.15) is 0 Å². The minimum atomic E-state index is -1.40. The Morgan fingerprint density at radius 2 is 1.83 bits per heavy atom. The van der Waals surface area contributed by atoms with Gasteiger partial charge in [0.15, 0.2) is 0 Å². The number of rotatable bonds is 2. The number of aliphatic hydroxyl groups is 4. The van der Waals surface area contributed by atoms with Crippen LogP contribution in [-0.4, -0.2) is 54.9 Å². The van der Waals surface area contributed by atoms with Crippen molar-refractivity contribution >= 4 is 0 Å². The summed E-state index contributed by atoms with van der Waals surface area (Å²) in [6, 6.07) is -0.0408. The highest BCUT2D eigenvalue weighted by molar-refractivity contribution is 5.02. The Morgan fingerprint density at radius 3 is 2.33 bits per heavy atom. The molecule has 1 heterocycles. The molecule has 5 N–H and O–H groups in total. The van der Waals surface area contributed by atoms with Gasteiger partial charge in [0.25, 0.3) is 5.56 Å². The van der Waals surface area contributed by atoms with Gasteiger partial charge in [-0.15, -0.1) is 0 Å². The summed E-state index contributed by atoms with van der Waals surface area (Å²) in [4.78, 5) is 24.5. The van der Waals surface area contributed by atoms with Crippen LogP contribution < -0.4 is 11.2 Å². The van der Waals surface area contributed by atoms with E-state index in [2.05, 4.69) is 0 Å². The number of hydrogen-bond acceptors (Lipinski definition) is 6. The lowest BCUT2D eigenvalue weighted by atomic mass is 10.0. The van der Waals surface area contributed by atoms with Crippen LogP contribution >= 0.6 is 0 Å². The summed E-state index contributed by atoms with van der Waals surface area (Å²) in [6.07, 6.45) is -2.90. The molecule has 100 valence electrons. The number of aromatic amines is 1. The van der Waals surface area contributed by atoms with E-state index in [0.29, 0.717) is 0 Å². The van der Waals surface area contributed by atoms with E-state index in [-0.39, 0.29) is 0 Å². The fourth-order valence-electron chi connectivity index (χ4n) is 2.32. The molecule has 5 atom stereocenters. The highest BCUT2D eigenvalue weighted by Crippen LogP contribution is 2.34. The number of hydrogen-bond donors (Lipinski definition) is 5. The van der Waals surface area contributed by atoms with Crippen LogP contribution in [-0.2, 0) is 0 Å². The highest BCUT2D eigenvalue weighted by Gasteiger charge is 2.49. The number of aliphatic hydroxyl groups excluding tert-OH is 4. The number of aromatic nitrogens is 2. The van der Waals surface area contributed by atoms with Crippen molar-refractivity contribution in [1.82, 2.24) is 9.55 Å². The van der Waals surface area contributed by atoms with Crippen LogP contribution in [0.3, 0.4) is 0 Å². The van der Waals surface area contributed by atoms with Crippen molar-refractivity contribution in [2.75, 3.05) is 6.61 Å². The maximum atomic E-state index is 11.6. The van der Waals surface area contributed by atoms with Crippen molar-refractivity contribution in [2.24, 2.45) is 5.92 Å². The third kappa shape index (κ3) is 1.89. The van der Waals surface area contributed by atoms with Gasteiger partial charge in [0, 0.05) is 18.2 Å². The summed E-state index contributed by atoms with van der Waals surface area (Å²) >= 11 is 0. The second-order valence-electron chi connectivity index (χ2n) is 4.33. The Labute approximate surface area is 101 Å². The molecular formula is C10H14N2O6. The van der Waals surface area contributed by atoms with Crippen LogP contribution in [0.15, 0.2) is 21.9 Å². The molecule has 0 spiro atoms. The normalized spacial score (nSPS) is 35.9. The zero-order valence-electron chi connectivity index (χ0n) is 9.30. The molecule has 1 aliphatic carbocycles. The van der Waals surface area contributed by atoms with Crippen molar-refractivity contribution in [3.63, 3.8) is 0 Å². The minimum Gasteiger partial charge on any atom is -0.396 e. The molecule has 0 amide bonds. The molecule has 8 heteroatoms. The summed E-state index contributed by atoms with van der Waals surface area (Å²) in [6.45, 7) is -0.520. The third-order valence-electron chi connectivity index (χ3n) is 3.31. The predicted molar refractivity (Wildman–Crippen MR) is 59.0 cm³/mol. The molecule has 1 fully saturated rings. The lowest BCUT2D eigenvalue weighted by Gasteiger charge is -2.21. The molecule has 5 unspecified atom stereocenters. The van der Waals surface area contributed by atoms with Gasteiger partial charge in [0.05, 0.1) is 24.9 Å². The Balaban J connectivity index is 2.44. The van der Waals surface area contributed by atoms with E-state index in [4.69, 9.17) is 5.11 Å². The standard InChI is InChI=1S/C10H14N2O6/c13-3-4-7(15)6(9(17)8(4)16)12-2-1-5(14)11-10(12)18/h1-2,4,6-9,13,15-17H,3H2,(H,11,14,18). The summed E-state index contributed by atoms with van der Waals surface area (Å²) in [5, 5.41) is 38.4. The lowest BCUT2D eigenvalue weighted by molar-refractivity contribution is -0.00809. The summed E-state index contributed by atoms with van der Waals surface area (Å²) in [7, 11) is 0. The van der Waals surface area contributed by atoms with Crippen molar-refractivity contribution in [3.8, 4) is 0 Å². The van der Waals surface area contributed by atoms with E-state index in [1.165, 1.54) is 0 Å². The third-order valence-corrected chi connectivity index (χ3v) is 3.31. The van der Waals surface area contributed by atoms with Gasteiger partial charge in [0.2, 0.25) is 0 Å². The molecular weight excluding hydrogens is 244 g/mol. The predicted octanol–water partition coefficient (Wildman–Crippen LogP) is -3.22. The van der Waals surface area contributed by atoms with Crippen molar-refractivity contribution < 1.29 is 20.4 Å². The van der Waals surface area contributed by atoms with Gasteiger partial charge >= 0.3 is 5.69 Å². The number of nitrogens with one attached hydrogen (secondary N) is 1. The Hall–Kier alpha value is -1.48. The molecule has 2 rings (SSSR count). The molecule has 0 radical (unpaired) electrons. The van der Waals surface area contributed by atoms with Crippen LogP contribution in [0.1, 0.15) is 6.04 Å². The van der Waals surface area contributed by atoms with E-state index < -0.39 is 48.1 Å². The topological polar surface area (TPSA) is 136 Å². The molecule has 1 saturated carbocycles. The molecule has 0 bridgehead atoms. The molecule has 0 aliphatic heterocycles. The van der Waals surface area contributed by atoms with Crippen LogP contribution in [0.4, 0.5) is 0 Å². The molecule has 18 heavy (non-hydrogen) atoms. The minimum absolute atomic E-state index is 0.520. The number of nitrogens with zero attached hydrogens (tertiary/aromatic N) is 1. The van der Waals surface area contributed by atoms with Gasteiger partial charge in [0.1, 0.15) is 6.10 Å². The SMILES string of the molecule is O=c1ccn(C2C(O)C(O)C(CO)C2O)c(=O)[nH]1. The molecule has 1 aromatic rings. The van der Waals surface area contributed by atoms with Crippen molar-refractivity contribution in [3.05, 3.63) is 33.1 Å². The van der Waals surface area contributed by atoms with Crippen molar-refractivity contribution in [2.45, 2.75) is 24.4 Å². The average molecular weight is 258 g/mol. The lowest BCUT2D eigenvalue weighted by Crippen LogP contribution is -2.39. The fraction of sp³-hybridized carbons (Fsp3) is 0.600. The van der Waals surface area contributed by atoms with Crippen molar-refractivity contribution in [1.29, 1.82) is 0 Å². The fourth-order valence-corrected chi connectivity index (χ4v) is 2.32. The van der Waals surface area contributed by atoms with Gasteiger partial charge in [-0.25, -0.2) is 4.79 Å². The number of H-pyrrole nitrogens is 1. The van der Waals surface area contributed by atoms with E-state index in [0.717, 1.165) is 16.8 Å². The Bertz CT molecular complexity index is 538. The van der Waals surface area contributed by atoms with Crippen LogP contribution in [0.2, 0.25) is 0 Å². The second kappa shape index (κ2) is 4.65. The summed E-state index contributed by atoms with van der Waals surface area (Å²) in [5.41, 5.74) is -1.39. The van der Waals surface area contributed by atoms with Gasteiger partial charge in [-0.05, 0) is 0 Å². The smallest absolute Gasteiger partial charge is 0.328 e. The first-order chi connectivity index (χ1) is 8.47. The second-order valence-corrected chi connectivity index (χ2v) is 4.33. The molecule has 1 aromatic heterocycles. The van der Waals surface area contributed by atoms with E-state index in [9.17, 15) is 24.9 Å². The zero-order valence-corrected chi connectivity index (χ0v) is 9.30. The first kappa shape index (κ1) is 13.0. The van der Waals surface area contributed by atoms with E-state index in [1.54, 1.807) is 0 Å². The maximum absolute atomic E-state index is 11.6. The molecule has 1 aliphatic rings. The average Bonchev–Trinajstić information content (AvgIpc) is 2.52. The van der Waals surface area contributed by atoms with Gasteiger partial charge < -0.3 is 20.4 Å². The van der Waals surface area contributed by atoms with Crippen LogP contribution in [0.25, 0.3) is 0 Å². The van der Waals surface area contributed by atoms with Gasteiger partial charge in [-0.1, -0.05) is 0 Å².